The second kappa shape index (κ2) is 8.34. The van der Waals surface area contributed by atoms with Gasteiger partial charge in [0.05, 0.1) is 0 Å². The van der Waals surface area contributed by atoms with Crippen LogP contribution in [0.3, 0.4) is 0 Å². The first-order valence-corrected chi connectivity index (χ1v) is 7.27. The van der Waals surface area contributed by atoms with Crippen molar-refractivity contribution in [1.29, 1.82) is 5.26 Å². The van der Waals surface area contributed by atoms with Crippen molar-refractivity contribution < 1.29 is 14.3 Å². The van der Waals surface area contributed by atoms with Crippen molar-refractivity contribution in [2.45, 2.75) is 6.42 Å². The fourth-order valence-electron chi connectivity index (χ4n) is 1.93. The molecule has 3 N–H and O–H groups in total. The predicted octanol–water partition coefficient (Wildman–Crippen LogP) is 2.71. The molecule has 6 heteroatoms. The zero-order valence-corrected chi connectivity index (χ0v) is 12.8. The molecule has 0 spiro atoms. The predicted molar refractivity (Wildman–Crippen MR) is 88.5 cm³/mol. The lowest BCUT2D eigenvalue weighted by molar-refractivity contribution is -0.112. The summed E-state index contributed by atoms with van der Waals surface area (Å²) in [4.78, 5) is 12.0. The van der Waals surface area contributed by atoms with Crippen molar-refractivity contribution in [1.82, 2.24) is 5.32 Å². The molecule has 0 saturated heterocycles. The van der Waals surface area contributed by atoms with Crippen LogP contribution in [0.25, 0.3) is 0 Å². The van der Waals surface area contributed by atoms with E-state index in [4.69, 9.17) is 5.26 Å². The molecule has 122 valence electrons. The number of nitrogens with zero attached hydrogens (tertiary/aromatic N) is 1. The number of hydrogen-bond acceptors (Lipinski definition) is 4. The number of carbonyl (C=O) groups excluding carboxylic acids is 1. The van der Waals surface area contributed by atoms with Crippen LogP contribution in [0.4, 0.5) is 10.1 Å². The van der Waals surface area contributed by atoms with E-state index in [1.807, 2.05) is 6.07 Å². The first-order valence-electron chi connectivity index (χ1n) is 7.27. The Bertz CT molecular complexity index is 762. The van der Waals surface area contributed by atoms with Crippen molar-refractivity contribution in [3.63, 3.8) is 0 Å². The Balaban J connectivity index is 1.86. The van der Waals surface area contributed by atoms with Gasteiger partial charge in [-0.2, -0.15) is 5.26 Å². The van der Waals surface area contributed by atoms with E-state index in [1.165, 1.54) is 42.6 Å². The minimum atomic E-state index is -0.544. The number of carbonyl (C=O) groups is 1. The molecule has 0 bridgehead atoms. The molecule has 0 radical (unpaired) electrons. The van der Waals surface area contributed by atoms with Crippen LogP contribution in [0, 0.1) is 17.1 Å². The van der Waals surface area contributed by atoms with Gasteiger partial charge in [-0.25, -0.2) is 4.39 Å². The smallest absolute Gasteiger partial charge is 0.267 e. The molecule has 0 heterocycles. The zero-order valence-electron chi connectivity index (χ0n) is 12.8. The Morgan fingerprint density at radius 1 is 1.17 bits per heavy atom. The largest absolute Gasteiger partial charge is 0.508 e. The molecule has 0 unspecified atom stereocenters. The summed E-state index contributed by atoms with van der Waals surface area (Å²) in [7, 11) is 0. The maximum atomic E-state index is 12.8. The SMILES string of the molecule is N#C/C(=C/NCCc1ccc(F)cc1)C(=O)Nc1ccc(O)cc1. The molecule has 0 fully saturated rings. The van der Waals surface area contributed by atoms with Crippen LogP contribution in [0.5, 0.6) is 5.75 Å². The van der Waals surface area contributed by atoms with Gasteiger partial charge in [0.1, 0.15) is 23.2 Å². The lowest BCUT2D eigenvalue weighted by Crippen LogP contribution is -2.17. The Hall–Kier alpha value is -3.33. The van der Waals surface area contributed by atoms with Crippen molar-refractivity contribution >= 4 is 11.6 Å². The highest BCUT2D eigenvalue weighted by molar-refractivity contribution is 6.06. The van der Waals surface area contributed by atoms with E-state index in [-0.39, 0.29) is 17.1 Å². The second-order valence-electron chi connectivity index (χ2n) is 5.00. The molecule has 0 saturated carbocycles. The van der Waals surface area contributed by atoms with Crippen molar-refractivity contribution in [2.24, 2.45) is 0 Å². The lowest BCUT2D eigenvalue weighted by Gasteiger charge is -2.05. The molecule has 2 rings (SSSR count). The maximum absolute atomic E-state index is 12.8. The molecule has 1 amide bonds. The number of amides is 1. The summed E-state index contributed by atoms with van der Waals surface area (Å²) >= 11 is 0. The van der Waals surface area contributed by atoms with Gasteiger partial charge >= 0.3 is 0 Å². The van der Waals surface area contributed by atoms with Gasteiger partial charge in [0.25, 0.3) is 5.91 Å². The van der Waals surface area contributed by atoms with Crippen LogP contribution in [0.1, 0.15) is 5.56 Å². The standard InChI is InChI=1S/C18H16FN3O2/c19-15-3-1-13(2-4-15)9-10-21-12-14(11-20)18(24)22-16-5-7-17(23)8-6-16/h1-8,12,21,23H,9-10H2,(H,22,24)/b14-12-. The molecule has 5 nitrogen and oxygen atoms in total. The number of anilines is 1. The molecule has 2 aromatic carbocycles. The van der Waals surface area contributed by atoms with E-state index in [9.17, 15) is 14.3 Å². The highest BCUT2D eigenvalue weighted by Crippen LogP contribution is 2.14. The Morgan fingerprint density at radius 3 is 2.46 bits per heavy atom. The monoisotopic (exact) mass is 325 g/mol. The van der Waals surface area contributed by atoms with Crippen molar-refractivity contribution in [3.8, 4) is 11.8 Å². The van der Waals surface area contributed by atoms with Crippen LogP contribution in [0.2, 0.25) is 0 Å². The number of halogens is 1. The highest BCUT2D eigenvalue weighted by Gasteiger charge is 2.09. The summed E-state index contributed by atoms with van der Waals surface area (Å²) in [6, 6.07) is 13.9. The third kappa shape index (κ3) is 5.14. The van der Waals surface area contributed by atoms with Crippen LogP contribution in [-0.2, 0) is 11.2 Å². The van der Waals surface area contributed by atoms with Crippen LogP contribution >= 0.6 is 0 Å². The fraction of sp³-hybridized carbons (Fsp3) is 0.111. The molecule has 0 atom stereocenters. The summed E-state index contributed by atoms with van der Waals surface area (Å²) in [6.07, 6.45) is 1.98. The molecule has 0 aliphatic rings. The van der Waals surface area contributed by atoms with E-state index in [0.29, 0.717) is 18.7 Å². The minimum absolute atomic E-state index is 0.0674. The Labute approximate surface area is 139 Å². The van der Waals surface area contributed by atoms with E-state index in [0.717, 1.165) is 5.56 Å². The van der Waals surface area contributed by atoms with E-state index < -0.39 is 5.91 Å². The maximum Gasteiger partial charge on any atom is 0.267 e. The molecule has 2 aromatic rings. The molecular weight excluding hydrogens is 309 g/mol. The van der Waals surface area contributed by atoms with Gasteiger partial charge in [0.2, 0.25) is 0 Å². The van der Waals surface area contributed by atoms with E-state index >= 15 is 0 Å². The third-order valence-corrected chi connectivity index (χ3v) is 3.21. The van der Waals surface area contributed by atoms with Crippen LogP contribution < -0.4 is 10.6 Å². The number of rotatable bonds is 6. The van der Waals surface area contributed by atoms with E-state index in [1.54, 1.807) is 12.1 Å². The number of hydrogen-bond donors (Lipinski definition) is 3. The number of aromatic hydroxyl groups is 1. The summed E-state index contributed by atoms with van der Waals surface area (Å²) in [5.74, 6) is -0.742. The lowest BCUT2D eigenvalue weighted by atomic mass is 10.1. The molecule has 0 aromatic heterocycles. The zero-order chi connectivity index (χ0) is 17.4. The average molecular weight is 325 g/mol. The number of benzene rings is 2. The summed E-state index contributed by atoms with van der Waals surface area (Å²) < 4.78 is 12.8. The summed E-state index contributed by atoms with van der Waals surface area (Å²) in [5, 5.41) is 23.7. The topological polar surface area (TPSA) is 85.2 Å². The average Bonchev–Trinajstić information content (AvgIpc) is 2.58. The van der Waals surface area contributed by atoms with Gasteiger partial charge < -0.3 is 15.7 Å². The van der Waals surface area contributed by atoms with Crippen molar-refractivity contribution in [2.75, 3.05) is 11.9 Å². The third-order valence-electron chi connectivity index (χ3n) is 3.21. The molecule has 0 aliphatic heterocycles. The van der Waals surface area contributed by atoms with Gasteiger partial charge in [0, 0.05) is 18.4 Å². The first kappa shape index (κ1) is 17.0. The molecule has 24 heavy (non-hydrogen) atoms. The first-order chi connectivity index (χ1) is 11.6. The molecular formula is C18H16FN3O2. The second-order valence-corrected chi connectivity index (χ2v) is 5.00. The minimum Gasteiger partial charge on any atom is -0.508 e. The summed E-state index contributed by atoms with van der Waals surface area (Å²) in [5.41, 5.74) is 1.36. The fourth-order valence-corrected chi connectivity index (χ4v) is 1.93. The van der Waals surface area contributed by atoms with E-state index in [2.05, 4.69) is 10.6 Å². The quantitative estimate of drug-likeness (QED) is 0.330. The van der Waals surface area contributed by atoms with Gasteiger partial charge in [-0.15, -0.1) is 0 Å². The number of phenolic OH excluding ortho intramolecular Hbond substituents is 1. The number of phenols is 1. The van der Waals surface area contributed by atoms with Gasteiger partial charge in [-0.3, -0.25) is 4.79 Å². The molecule has 0 aliphatic carbocycles. The van der Waals surface area contributed by atoms with Crippen molar-refractivity contribution in [3.05, 3.63) is 71.7 Å². The number of nitriles is 1. The van der Waals surface area contributed by atoms with Gasteiger partial charge in [-0.1, -0.05) is 12.1 Å². The normalized spacial score (nSPS) is 10.8. The van der Waals surface area contributed by atoms with Crippen LogP contribution in [-0.4, -0.2) is 17.6 Å². The van der Waals surface area contributed by atoms with Crippen LogP contribution in [0.15, 0.2) is 60.3 Å². The summed E-state index contributed by atoms with van der Waals surface area (Å²) in [6.45, 7) is 0.503. The Morgan fingerprint density at radius 2 is 1.83 bits per heavy atom. The van der Waals surface area contributed by atoms with Gasteiger partial charge in [0.15, 0.2) is 0 Å². The Kier molecular flexibility index (Phi) is 5.92. The van der Waals surface area contributed by atoms with Gasteiger partial charge in [-0.05, 0) is 48.4 Å². The number of nitrogens with one attached hydrogen (secondary N) is 2. The highest BCUT2D eigenvalue weighted by atomic mass is 19.1.